The third-order valence-electron chi connectivity index (χ3n) is 5.37. The molecule has 0 spiro atoms. The summed E-state index contributed by atoms with van der Waals surface area (Å²) >= 11 is 0. The van der Waals surface area contributed by atoms with Crippen molar-refractivity contribution in [1.29, 1.82) is 0 Å². The predicted molar refractivity (Wildman–Crippen MR) is 115 cm³/mol. The lowest BCUT2D eigenvalue weighted by atomic mass is 10.1. The summed E-state index contributed by atoms with van der Waals surface area (Å²) in [7, 11) is 2.95. The van der Waals surface area contributed by atoms with E-state index in [1.807, 2.05) is 4.90 Å². The van der Waals surface area contributed by atoms with Gasteiger partial charge in [0.2, 0.25) is 11.7 Å². The molecule has 1 aliphatic rings. The molecular formula is C23H28N2O4. The second kappa shape index (κ2) is 8.90. The molecule has 0 aliphatic carbocycles. The van der Waals surface area contributed by atoms with E-state index >= 15 is 0 Å². The molecule has 1 aliphatic heterocycles. The summed E-state index contributed by atoms with van der Waals surface area (Å²) in [6.45, 7) is 7.21. The van der Waals surface area contributed by atoms with Gasteiger partial charge in [-0.25, -0.2) is 0 Å². The van der Waals surface area contributed by atoms with Crippen molar-refractivity contribution >= 4 is 17.7 Å². The van der Waals surface area contributed by atoms with Gasteiger partial charge < -0.3 is 24.4 Å². The molecule has 2 aromatic rings. The Morgan fingerprint density at radius 2 is 1.59 bits per heavy atom. The molecule has 29 heavy (non-hydrogen) atoms. The Labute approximate surface area is 172 Å². The maximum Gasteiger partial charge on any atom is 0.246 e. The number of anilines is 1. The fourth-order valence-electron chi connectivity index (χ4n) is 3.39. The molecule has 154 valence electrons. The lowest BCUT2D eigenvalue weighted by Gasteiger charge is -2.36. The Kier molecular flexibility index (Phi) is 6.32. The van der Waals surface area contributed by atoms with Crippen molar-refractivity contribution in [3.05, 3.63) is 53.1 Å². The van der Waals surface area contributed by atoms with Crippen LogP contribution in [0, 0.1) is 13.8 Å². The van der Waals surface area contributed by atoms with E-state index in [0.717, 1.165) is 18.7 Å². The average Bonchev–Trinajstić information content (AvgIpc) is 2.74. The second-order valence-electron chi connectivity index (χ2n) is 7.19. The SMILES string of the molecule is COc1cc(/C=C/C(=O)N2CCN(c3ccc(C)c(C)c3)CC2)cc(OC)c1O. The Morgan fingerprint density at radius 3 is 2.14 bits per heavy atom. The number of ether oxygens (including phenoxy) is 2. The molecule has 3 rings (SSSR count). The normalized spacial score (nSPS) is 14.3. The summed E-state index contributed by atoms with van der Waals surface area (Å²) < 4.78 is 10.3. The number of nitrogens with zero attached hydrogens (tertiary/aromatic N) is 2. The molecule has 0 saturated carbocycles. The molecule has 0 atom stereocenters. The summed E-state index contributed by atoms with van der Waals surface area (Å²) in [5.74, 6) is 0.522. The molecule has 6 nitrogen and oxygen atoms in total. The van der Waals surface area contributed by atoms with Crippen LogP contribution in [0.3, 0.4) is 0 Å². The van der Waals surface area contributed by atoms with Crippen molar-refractivity contribution in [1.82, 2.24) is 4.90 Å². The topological polar surface area (TPSA) is 62.2 Å². The number of carbonyl (C=O) groups is 1. The number of phenols is 1. The fourth-order valence-corrected chi connectivity index (χ4v) is 3.39. The first-order valence-corrected chi connectivity index (χ1v) is 9.67. The minimum atomic E-state index is -0.0547. The predicted octanol–water partition coefficient (Wildman–Crippen LogP) is 3.39. The number of phenolic OH excluding ortho intramolecular Hbond substituents is 1. The van der Waals surface area contributed by atoms with E-state index in [1.54, 1.807) is 24.3 Å². The quantitative estimate of drug-likeness (QED) is 0.785. The van der Waals surface area contributed by atoms with E-state index in [9.17, 15) is 9.90 Å². The number of carbonyl (C=O) groups excluding carboxylic acids is 1. The van der Waals surface area contributed by atoms with Crippen LogP contribution < -0.4 is 14.4 Å². The van der Waals surface area contributed by atoms with Crippen molar-refractivity contribution in [2.24, 2.45) is 0 Å². The van der Waals surface area contributed by atoms with Gasteiger partial charge in [-0.15, -0.1) is 0 Å². The number of aryl methyl sites for hydroxylation is 2. The van der Waals surface area contributed by atoms with Crippen molar-refractivity contribution in [2.75, 3.05) is 45.3 Å². The average molecular weight is 396 g/mol. The second-order valence-corrected chi connectivity index (χ2v) is 7.19. The van der Waals surface area contributed by atoms with Crippen molar-refractivity contribution < 1.29 is 19.4 Å². The van der Waals surface area contributed by atoms with E-state index in [-0.39, 0.29) is 11.7 Å². The number of aromatic hydroxyl groups is 1. The van der Waals surface area contributed by atoms with Gasteiger partial charge >= 0.3 is 0 Å². The molecule has 1 saturated heterocycles. The van der Waals surface area contributed by atoms with Gasteiger partial charge in [-0.1, -0.05) is 6.07 Å². The minimum absolute atomic E-state index is 0.0317. The fraction of sp³-hybridized carbons (Fsp3) is 0.348. The first-order chi connectivity index (χ1) is 13.9. The molecule has 0 aromatic heterocycles. The molecule has 6 heteroatoms. The summed E-state index contributed by atoms with van der Waals surface area (Å²) in [4.78, 5) is 16.8. The third-order valence-corrected chi connectivity index (χ3v) is 5.37. The number of rotatable bonds is 5. The van der Waals surface area contributed by atoms with Crippen LogP contribution in [0.2, 0.25) is 0 Å². The van der Waals surface area contributed by atoms with Gasteiger partial charge in [-0.2, -0.15) is 0 Å². The summed E-state index contributed by atoms with van der Waals surface area (Å²) in [6, 6.07) is 9.83. The Balaban J connectivity index is 1.63. The number of benzene rings is 2. The van der Waals surface area contributed by atoms with Gasteiger partial charge in [-0.3, -0.25) is 4.79 Å². The number of amides is 1. The molecule has 1 heterocycles. The van der Waals surface area contributed by atoms with Crippen LogP contribution in [0.1, 0.15) is 16.7 Å². The molecule has 1 amide bonds. The van der Waals surface area contributed by atoms with Crippen LogP contribution >= 0.6 is 0 Å². The monoisotopic (exact) mass is 396 g/mol. The summed E-state index contributed by atoms with van der Waals surface area (Å²) in [5, 5.41) is 9.99. The first kappa shape index (κ1) is 20.6. The zero-order valence-corrected chi connectivity index (χ0v) is 17.4. The Morgan fingerprint density at radius 1 is 0.966 bits per heavy atom. The molecular weight excluding hydrogens is 368 g/mol. The number of methoxy groups -OCH3 is 2. The lowest BCUT2D eigenvalue weighted by Crippen LogP contribution is -2.48. The Hall–Kier alpha value is -3.15. The smallest absolute Gasteiger partial charge is 0.246 e. The molecule has 1 fully saturated rings. The lowest BCUT2D eigenvalue weighted by molar-refractivity contribution is -0.126. The minimum Gasteiger partial charge on any atom is -0.502 e. The Bertz CT molecular complexity index is 890. The van der Waals surface area contributed by atoms with E-state index in [4.69, 9.17) is 9.47 Å². The van der Waals surface area contributed by atoms with Gasteiger partial charge in [0, 0.05) is 37.9 Å². The van der Waals surface area contributed by atoms with Crippen LogP contribution in [0.4, 0.5) is 5.69 Å². The molecule has 2 aromatic carbocycles. The van der Waals surface area contributed by atoms with E-state index < -0.39 is 0 Å². The third kappa shape index (κ3) is 4.65. The van der Waals surface area contributed by atoms with Crippen LogP contribution in [-0.2, 0) is 4.79 Å². The molecule has 0 unspecified atom stereocenters. The standard InChI is InChI=1S/C23H28N2O4/c1-16-5-7-19(13-17(16)2)24-9-11-25(12-10-24)22(26)8-6-18-14-20(28-3)23(27)21(15-18)29-4/h5-8,13-15,27H,9-12H2,1-4H3/b8-6+. The van der Waals surface area contributed by atoms with Crippen LogP contribution in [0.5, 0.6) is 17.2 Å². The highest BCUT2D eigenvalue weighted by Gasteiger charge is 2.20. The molecule has 0 bridgehead atoms. The van der Waals surface area contributed by atoms with Crippen LogP contribution in [0.15, 0.2) is 36.4 Å². The maximum absolute atomic E-state index is 12.6. The number of piperazine rings is 1. The van der Waals surface area contributed by atoms with Crippen molar-refractivity contribution in [3.63, 3.8) is 0 Å². The van der Waals surface area contributed by atoms with Crippen LogP contribution in [0.25, 0.3) is 6.08 Å². The highest BCUT2D eigenvalue weighted by Crippen LogP contribution is 2.37. The molecule has 0 radical (unpaired) electrons. The maximum atomic E-state index is 12.6. The first-order valence-electron chi connectivity index (χ1n) is 9.67. The number of hydrogen-bond acceptors (Lipinski definition) is 5. The van der Waals surface area contributed by atoms with Gasteiger partial charge in [0.25, 0.3) is 0 Å². The highest BCUT2D eigenvalue weighted by molar-refractivity contribution is 5.92. The van der Waals surface area contributed by atoms with Gasteiger partial charge in [0.15, 0.2) is 11.5 Å². The van der Waals surface area contributed by atoms with E-state index in [2.05, 4.69) is 36.9 Å². The molecule has 1 N–H and O–H groups in total. The van der Waals surface area contributed by atoms with Crippen LogP contribution in [-0.4, -0.2) is 56.3 Å². The number of hydrogen-bond donors (Lipinski definition) is 1. The van der Waals surface area contributed by atoms with Gasteiger partial charge in [-0.05, 0) is 60.9 Å². The van der Waals surface area contributed by atoms with Gasteiger partial charge in [0.1, 0.15) is 0 Å². The summed E-state index contributed by atoms with van der Waals surface area (Å²) in [5.41, 5.74) is 4.50. The zero-order chi connectivity index (χ0) is 21.0. The van der Waals surface area contributed by atoms with E-state index in [0.29, 0.717) is 24.6 Å². The zero-order valence-electron chi connectivity index (χ0n) is 17.4. The van der Waals surface area contributed by atoms with E-state index in [1.165, 1.54) is 31.0 Å². The van der Waals surface area contributed by atoms with Crippen molar-refractivity contribution in [3.8, 4) is 17.2 Å². The summed E-state index contributed by atoms with van der Waals surface area (Å²) in [6.07, 6.45) is 3.26. The van der Waals surface area contributed by atoms with Gasteiger partial charge in [0.05, 0.1) is 14.2 Å². The van der Waals surface area contributed by atoms with Crippen molar-refractivity contribution in [2.45, 2.75) is 13.8 Å². The highest BCUT2D eigenvalue weighted by atomic mass is 16.5. The largest absolute Gasteiger partial charge is 0.502 e.